The third-order valence-electron chi connectivity index (χ3n) is 5.04. The molecule has 2 heterocycles. The molecule has 180 valence electrons. The minimum absolute atomic E-state index is 0.125. The van der Waals surface area contributed by atoms with Crippen molar-refractivity contribution in [1.82, 2.24) is 19.7 Å². The Morgan fingerprint density at radius 1 is 1.21 bits per heavy atom. The summed E-state index contributed by atoms with van der Waals surface area (Å²) < 4.78 is 47.3. The predicted octanol–water partition coefficient (Wildman–Crippen LogP) is 2.92. The number of carbonyl (C=O) groups is 1. The molecule has 9 nitrogen and oxygen atoms in total. The molecule has 1 N–H and O–H groups in total. The van der Waals surface area contributed by atoms with E-state index in [0.29, 0.717) is 34.0 Å². The second-order valence-corrected chi connectivity index (χ2v) is 9.71. The maximum absolute atomic E-state index is 14.5. The largest absolute Gasteiger partial charge is 0.481 e. The minimum Gasteiger partial charge on any atom is -0.481 e. The fraction of sp³-hybridized carbons (Fsp3) is 0.304. The predicted molar refractivity (Wildman–Crippen MR) is 126 cm³/mol. The first-order chi connectivity index (χ1) is 16.0. The molecule has 34 heavy (non-hydrogen) atoms. The molecule has 2 aromatic heterocycles. The van der Waals surface area contributed by atoms with Crippen molar-refractivity contribution in [3.63, 3.8) is 0 Å². The molecule has 1 aromatic carbocycles. The summed E-state index contributed by atoms with van der Waals surface area (Å²) in [4.78, 5) is 26.5. The Hall–Kier alpha value is -3.60. The van der Waals surface area contributed by atoms with Crippen LogP contribution in [0.25, 0.3) is 11.1 Å². The molecule has 11 heteroatoms. The van der Waals surface area contributed by atoms with Crippen molar-refractivity contribution in [2.45, 2.75) is 31.2 Å². The molecule has 0 saturated carbocycles. The van der Waals surface area contributed by atoms with E-state index < -0.39 is 21.7 Å². The summed E-state index contributed by atoms with van der Waals surface area (Å²) in [5.41, 5.74) is 2.13. The van der Waals surface area contributed by atoms with E-state index in [1.807, 2.05) is 13.8 Å². The lowest BCUT2D eigenvalue weighted by Crippen LogP contribution is -2.33. The van der Waals surface area contributed by atoms with Crippen LogP contribution in [0.15, 0.2) is 47.9 Å². The number of benzene rings is 1. The van der Waals surface area contributed by atoms with Crippen molar-refractivity contribution in [2.75, 3.05) is 26.1 Å². The average Bonchev–Trinajstić information content (AvgIpc) is 2.79. The molecule has 0 spiro atoms. The zero-order valence-electron chi connectivity index (χ0n) is 19.5. The van der Waals surface area contributed by atoms with Crippen LogP contribution < -0.4 is 14.4 Å². The van der Waals surface area contributed by atoms with Crippen LogP contribution in [-0.4, -0.2) is 50.5 Å². The van der Waals surface area contributed by atoms with Crippen molar-refractivity contribution in [1.29, 1.82) is 0 Å². The number of nitrogens with zero attached hydrogens (tertiary/aromatic N) is 4. The Balaban J connectivity index is 1.99. The molecular weight excluding hydrogens is 461 g/mol. The second kappa shape index (κ2) is 10.1. The van der Waals surface area contributed by atoms with E-state index in [-0.39, 0.29) is 17.4 Å². The summed E-state index contributed by atoms with van der Waals surface area (Å²) in [6.07, 6.45) is 3.69. The molecule has 0 aliphatic rings. The molecular formula is C23H26FN5O4S. The molecule has 0 bridgehead atoms. The van der Waals surface area contributed by atoms with Crippen molar-refractivity contribution < 1.29 is 22.3 Å². The van der Waals surface area contributed by atoms with Gasteiger partial charge in [0.25, 0.3) is 10.0 Å². The number of ether oxygens (including phenoxy) is 1. The number of carbonyl (C=O) groups excluding carboxylic acids is 1. The van der Waals surface area contributed by atoms with Crippen LogP contribution >= 0.6 is 0 Å². The number of hydrogen-bond acceptors (Lipinski definition) is 8. The van der Waals surface area contributed by atoms with Crippen molar-refractivity contribution in [2.24, 2.45) is 0 Å². The van der Waals surface area contributed by atoms with E-state index in [2.05, 4.69) is 19.7 Å². The standard InChI is InChI=1S/C23H26FN5O4S/c1-14(2)17-9-16(24)10-18(15-6-7-26-22(8-15)33-5)19(17)11-21(30)28-34(31,32)23-13-25-12-20(27-23)29(3)4/h6-10,12-14H,11H2,1-5H3,(H,28,30). The molecule has 0 aliphatic carbocycles. The van der Waals surface area contributed by atoms with Gasteiger partial charge in [0.15, 0.2) is 5.03 Å². The van der Waals surface area contributed by atoms with Gasteiger partial charge in [0.2, 0.25) is 11.8 Å². The Labute approximate surface area is 198 Å². The van der Waals surface area contributed by atoms with Gasteiger partial charge in [0, 0.05) is 26.4 Å². The average molecular weight is 488 g/mol. The van der Waals surface area contributed by atoms with Crippen LogP contribution in [0, 0.1) is 5.82 Å². The lowest BCUT2D eigenvalue weighted by molar-refractivity contribution is -0.118. The van der Waals surface area contributed by atoms with Gasteiger partial charge in [-0.3, -0.25) is 9.78 Å². The van der Waals surface area contributed by atoms with Crippen LogP contribution in [0.2, 0.25) is 0 Å². The van der Waals surface area contributed by atoms with E-state index >= 15 is 0 Å². The molecule has 3 aromatic rings. The highest BCUT2D eigenvalue weighted by Crippen LogP contribution is 2.33. The number of amides is 1. The van der Waals surface area contributed by atoms with E-state index in [4.69, 9.17) is 4.74 Å². The topological polar surface area (TPSA) is 114 Å². The number of hydrogen-bond donors (Lipinski definition) is 1. The summed E-state index contributed by atoms with van der Waals surface area (Å²) in [6, 6.07) is 5.96. The smallest absolute Gasteiger partial charge is 0.283 e. The van der Waals surface area contributed by atoms with Crippen molar-refractivity contribution in [3.8, 4) is 17.0 Å². The lowest BCUT2D eigenvalue weighted by Gasteiger charge is -2.18. The van der Waals surface area contributed by atoms with Crippen molar-refractivity contribution in [3.05, 3.63) is 59.8 Å². The van der Waals surface area contributed by atoms with Gasteiger partial charge in [-0.2, -0.15) is 8.42 Å². The summed E-state index contributed by atoms with van der Waals surface area (Å²) in [5, 5.41) is -0.380. The van der Waals surface area contributed by atoms with Gasteiger partial charge >= 0.3 is 0 Å². The van der Waals surface area contributed by atoms with Gasteiger partial charge in [-0.15, -0.1) is 0 Å². The first-order valence-electron chi connectivity index (χ1n) is 10.4. The van der Waals surface area contributed by atoms with Crippen LogP contribution in [0.5, 0.6) is 5.88 Å². The third-order valence-corrected chi connectivity index (χ3v) is 6.29. The fourth-order valence-corrected chi connectivity index (χ4v) is 4.29. The van der Waals surface area contributed by atoms with Gasteiger partial charge < -0.3 is 9.64 Å². The molecule has 3 rings (SSSR count). The third kappa shape index (κ3) is 5.66. The minimum atomic E-state index is -4.27. The Morgan fingerprint density at radius 2 is 1.94 bits per heavy atom. The van der Waals surface area contributed by atoms with E-state index in [1.165, 1.54) is 31.6 Å². The zero-order valence-corrected chi connectivity index (χ0v) is 20.4. The number of halogens is 1. The van der Waals surface area contributed by atoms with E-state index in [9.17, 15) is 17.6 Å². The van der Waals surface area contributed by atoms with Crippen LogP contribution in [0.4, 0.5) is 10.2 Å². The quantitative estimate of drug-likeness (QED) is 0.516. The number of anilines is 1. The van der Waals surface area contributed by atoms with Gasteiger partial charge in [-0.05, 0) is 46.4 Å². The zero-order chi connectivity index (χ0) is 25.0. The summed E-state index contributed by atoms with van der Waals surface area (Å²) in [6.45, 7) is 3.73. The van der Waals surface area contributed by atoms with E-state index in [1.54, 1.807) is 31.1 Å². The first-order valence-corrected chi connectivity index (χ1v) is 11.9. The molecule has 0 aliphatic heterocycles. The number of aromatic nitrogens is 3. The fourth-order valence-electron chi connectivity index (χ4n) is 3.40. The summed E-state index contributed by atoms with van der Waals surface area (Å²) in [7, 11) is 0.576. The maximum Gasteiger partial charge on any atom is 0.283 e. The Kier molecular flexibility index (Phi) is 7.45. The molecule has 0 saturated heterocycles. The van der Waals surface area contributed by atoms with Crippen LogP contribution in [-0.2, 0) is 21.2 Å². The Morgan fingerprint density at radius 3 is 2.59 bits per heavy atom. The maximum atomic E-state index is 14.5. The number of rotatable bonds is 8. The highest BCUT2D eigenvalue weighted by Gasteiger charge is 2.24. The molecule has 0 atom stereocenters. The van der Waals surface area contributed by atoms with E-state index in [0.717, 1.165) is 6.20 Å². The van der Waals surface area contributed by atoms with Crippen LogP contribution in [0.3, 0.4) is 0 Å². The molecule has 0 unspecified atom stereocenters. The number of nitrogens with one attached hydrogen (secondary N) is 1. The normalized spacial score (nSPS) is 11.4. The van der Waals surface area contributed by atoms with Crippen molar-refractivity contribution >= 4 is 21.7 Å². The molecule has 1 amide bonds. The number of pyridine rings is 1. The monoisotopic (exact) mass is 487 g/mol. The lowest BCUT2D eigenvalue weighted by atomic mass is 9.88. The van der Waals surface area contributed by atoms with Gasteiger partial charge in [-0.25, -0.2) is 19.1 Å². The molecule has 0 radical (unpaired) electrons. The summed E-state index contributed by atoms with van der Waals surface area (Å²) >= 11 is 0. The second-order valence-electron chi connectivity index (χ2n) is 8.08. The van der Waals surface area contributed by atoms with Crippen LogP contribution in [0.1, 0.15) is 30.9 Å². The Bertz CT molecular complexity index is 1310. The SMILES string of the molecule is COc1cc(-c2cc(F)cc(C(C)C)c2CC(=O)NS(=O)(=O)c2cncc(N(C)C)n2)ccn1. The van der Waals surface area contributed by atoms with Gasteiger partial charge in [0.05, 0.1) is 25.9 Å². The summed E-state index contributed by atoms with van der Waals surface area (Å²) in [5.74, 6) is -0.731. The number of sulfonamides is 1. The number of methoxy groups -OCH3 is 1. The van der Waals surface area contributed by atoms with Gasteiger partial charge in [0.1, 0.15) is 11.6 Å². The first kappa shape index (κ1) is 25.0. The highest BCUT2D eigenvalue weighted by molar-refractivity contribution is 7.90. The highest BCUT2D eigenvalue weighted by atomic mass is 32.2. The molecule has 0 fully saturated rings. The van der Waals surface area contributed by atoms with Gasteiger partial charge in [-0.1, -0.05) is 13.8 Å².